The highest BCUT2D eigenvalue weighted by Gasteiger charge is 2.18. The van der Waals surface area contributed by atoms with Crippen LogP contribution in [0.4, 0.5) is 0 Å². The molecule has 0 saturated carbocycles. The minimum absolute atomic E-state index is 0.306. The van der Waals surface area contributed by atoms with Gasteiger partial charge in [0.2, 0.25) is 0 Å². The summed E-state index contributed by atoms with van der Waals surface area (Å²) in [6.45, 7) is 0. The Morgan fingerprint density at radius 1 is 1.07 bits per heavy atom. The molecule has 1 aliphatic heterocycles. The minimum atomic E-state index is -3.35. The van der Waals surface area contributed by atoms with Crippen molar-refractivity contribution in [1.29, 1.82) is 0 Å². The summed E-state index contributed by atoms with van der Waals surface area (Å²) < 4.78 is 25.4. The summed E-state index contributed by atoms with van der Waals surface area (Å²) in [7, 11) is -3.35. The molecule has 1 aliphatic rings. The van der Waals surface area contributed by atoms with Crippen molar-refractivity contribution in [2.24, 2.45) is 0 Å². The van der Waals surface area contributed by atoms with Gasteiger partial charge in [-0.25, -0.2) is 8.42 Å². The van der Waals surface area contributed by atoms with Crippen LogP contribution in [0, 0.1) is 0 Å². The first kappa shape index (κ1) is 9.02. The van der Waals surface area contributed by atoms with Gasteiger partial charge in [0.25, 0.3) is 10.0 Å². The van der Waals surface area contributed by atoms with Gasteiger partial charge >= 0.3 is 0 Å². The third kappa shape index (κ3) is 1.56. The quantitative estimate of drug-likeness (QED) is 0.758. The molecule has 0 fully saturated rings. The fourth-order valence-electron chi connectivity index (χ4n) is 1.27. The number of hydrogen-bond donors (Lipinski definition) is 1. The molecule has 1 N–H and O–H groups in total. The minimum Gasteiger partial charge on any atom is -0.286 e. The number of allylic oxidation sites excluding steroid dienone is 2. The van der Waals surface area contributed by atoms with Gasteiger partial charge in [-0.2, -0.15) is 0 Å². The van der Waals surface area contributed by atoms with E-state index in [1.165, 1.54) is 6.20 Å². The standard InChI is InChI=1S/C10H9NO2S/c12-14(13)10(7-4-8-11-14)9-5-2-1-3-6-9/h1-8,11H. The van der Waals surface area contributed by atoms with E-state index in [0.29, 0.717) is 10.5 Å². The number of nitrogens with one attached hydrogen (secondary N) is 1. The maximum atomic E-state index is 11.6. The molecule has 0 spiro atoms. The van der Waals surface area contributed by atoms with E-state index >= 15 is 0 Å². The second-order valence-electron chi connectivity index (χ2n) is 2.88. The van der Waals surface area contributed by atoms with Crippen LogP contribution in [0.15, 0.2) is 48.7 Å². The smallest absolute Gasteiger partial charge is 0.262 e. The van der Waals surface area contributed by atoms with Crippen molar-refractivity contribution in [2.75, 3.05) is 0 Å². The molecule has 4 heteroatoms. The number of hydrogen-bond acceptors (Lipinski definition) is 2. The van der Waals surface area contributed by atoms with Crippen LogP contribution in [-0.4, -0.2) is 8.42 Å². The first-order valence-corrected chi connectivity index (χ1v) is 5.63. The van der Waals surface area contributed by atoms with E-state index in [4.69, 9.17) is 0 Å². The van der Waals surface area contributed by atoms with E-state index < -0.39 is 10.0 Å². The topological polar surface area (TPSA) is 46.2 Å². The number of sulfonamides is 1. The highest BCUT2D eigenvalue weighted by Crippen LogP contribution is 2.21. The fourth-order valence-corrected chi connectivity index (χ4v) is 2.36. The van der Waals surface area contributed by atoms with Gasteiger partial charge in [-0.05, 0) is 17.7 Å². The molecule has 3 nitrogen and oxygen atoms in total. The van der Waals surface area contributed by atoms with Gasteiger partial charge in [0.15, 0.2) is 0 Å². The van der Waals surface area contributed by atoms with E-state index in [1.54, 1.807) is 24.3 Å². The Kier molecular flexibility index (Phi) is 2.13. The lowest BCUT2D eigenvalue weighted by Crippen LogP contribution is -2.20. The third-order valence-electron chi connectivity index (χ3n) is 1.91. The summed E-state index contributed by atoms with van der Waals surface area (Å²) >= 11 is 0. The van der Waals surface area contributed by atoms with Crippen LogP contribution in [0.5, 0.6) is 0 Å². The summed E-state index contributed by atoms with van der Waals surface area (Å²) in [5.74, 6) is 0. The zero-order valence-corrected chi connectivity index (χ0v) is 8.16. The molecule has 1 heterocycles. The zero-order chi connectivity index (χ0) is 10.0. The normalized spacial score (nSPS) is 18.4. The molecule has 0 saturated heterocycles. The maximum absolute atomic E-state index is 11.6. The molecule has 1 aromatic carbocycles. The SMILES string of the molecule is O=S1(=O)NC=CC=C1c1ccccc1. The molecule has 0 amide bonds. The lowest BCUT2D eigenvalue weighted by molar-refractivity contribution is 0.600. The molecule has 0 bridgehead atoms. The van der Waals surface area contributed by atoms with Gasteiger partial charge in [-0.3, -0.25) is 4.72 Å². The van der Waals surface area contributed by atoms with Crippen molar-refractivity contribution >= 4 is 14.9 Å². The molecule has 0 aromatic heterocycles. The number of benzene rings is 1. The molecule has 0 aliphatic carbocycles. The molecular weight excluding hydrogens is 198 g/mol. The predicted molar refractivity (Wildman–Crippen MR) is 55.6 cm³/mol. The Morgan fingerprint density at radius 3 is 2.43 bits per heavy atom. The van der Waals surface area contributed by atoms with Crippen LogP contribution in [0.25, 0.3) is 4.91 Å². The highest BCUT2D eigenvalue weighted by atomic mass is 32.2. The molecule has 0 atom stereocenters. The van der Waals surface area contributed by atoms with Gasteiger partial charge in [0.1, 0.15) is 0 Å². The molecule has 2 rings (SSSR count). The third-order valence-corrected chi connectivity index (χ3v) is 3.31. The van der Waals surface area contributed by atoms with Crippen LogP contribution in [-0.2, 0) is 10.0 Å². The Bertz CT molecular complexity index is 486. The number of rotatable bonds is 1. The van der Waals surface area contributed by atoms with Crippen LogP contribution >= 0.6 is 0 Å². The molecular formula is C10H9NO2S. The Hall–Kier alpha value is -1.55. The molecule has 14 heavy (non-hydrogen) atoms. The first-order valence-electron chi connectivity index (χ1n) is 4.15. The van der Waals surface area contributed by atoms with E-state index in [1.807, 2.05) is 18.2 Å². The van der Waals surface area contributed by atoms with Crippen molar-refractivity contribution in [3.63, 3.8) is 0 Å². The Balaban J connectivity index is 2.54. The van der Waals surface area contributed by atoms with Gasteiger partial charge in [0.05, 0.1) is 4.91 Å². The second kappa shape index (κ2) is 3.31. The first-order chi connectivity index (χ1) is 6.70. The van der Waals surface area contributed by atoms with Gasteiger partial charge in [0, 0.05) is 6.20 Å². The van der Waals surface area contributed by atoms with Crippen molar-refractivity contribution in [3.8, 4) is 0 Å². The van der Waals surface area contributed by atoms with Crippen molar-refractivity contribution in [1.82, 2.24) is 4.72 Å². The van der Waals surface area contributed by atoms with Crippen molar-refractivity contribution in [2.45, 2.75) is 0 Å². The molecule has 0 radical (unpaired) electrons. The fraction of sp³-hybridized carbons (Fsp3) is 0. The summed E-state index contributed by atoms with van der Waals surface area (Å²) in [5.41, 5.74) is 0.698. The van der Waals surface area contributed by atoms with Crippen LogP contribution in [0.1, 0.15) is 5.56 Å². The van der Waals surface area contributed by atoms with E-state index in [2.05, 4.69) is 4.72 Å². The summed E-state index contributed by atoms with van der Waals surface area (Å²) in [5, 5.41) is 0. The summed E-state index contributed by atoms with van der Waals surface area (Å²) in [4.78, 5) is 0.306. The van der Waals surface area contributed by atoms with E-state index in [-0.39, 0.29) is 0 Å². The van der Waals surface area contributed by atoms with Crippen molar-refractivity contribution in [3.05, 3.63) is 54.2 Å². The monoisotopic (exact) mass is 207 g/mol. The zero-order valence-electron chi connectivity index (χ0n) is 7.34. The van der Waals surface area contributed by atoms with Crippen LogP contribution < -0.4 is 4.72 Å². The maximum Gasteiger partial charge on any atom is 0.262 e. The van der Waals surface area contributed by atoms with E-state index in [0.717, 1.165) is 0 Å². The Labute approximate surface area is 82.8 Å². The lowest BCUT2D eigenvalue weighted by Gasteiger charge is -2.11. The van der Waals surface area contributed by atoms with Gasteiger partial charge in [-0.15, -0.1) is 0 Å². The predicted octanol–water partition coefficient (Wildman–Crippen LogP) is 1.47. The highest BCUT2D eigenvalue weighted by molar-refractivity contribution is 7.99. The molecule has 0 unspecified atom stereocenters. The summed E-state index contributed by atoms with van der Waals surface area (Å²) in [6, 6.07) is 9.01. The Morgan fingerprint density at radius 2 is 1.79 bits per heavy atom. The van der Waals surface area contributed by atoms with Gasteiger partial charge < -0.3 is 0 Å². The van der Waals surface area contributed by atoms with Crippen LogP contribution in [0.2, 0.25) is 0 Å². The largest absolute Gasteiger partial charge is 0.286 e. The average Bonchev–Trinajstić information content (AvgIpc) is 2.18. The van der Waals surface area contributed by atoms with E-state index in [9.17, 15) is 8.42 Å². The molecule has 1 aromatic rings. The van der Waals surface area contributed by atoms with Crippen LogP contribution in [0.3, 0.4) is 0 Å². The second-order valence-corrected chi connectivity index (χ2v) is 4.56. The summed E-state index contributed by atoms with van der Waals surface area (Å²) in [6.07, 6.45) is 4.66. The average molecular weight is 207 g/mol. The van der Waals surface area contributed by atoms with Gasteiger partial charge in [-0.1, -0.05) is 30.3 Å². The van der Waals surface area contributed by atoms with Crippen molar-refractivity contribution < 1.29 is 8.42 Å². The lowest BCUT2D eigenvalue weighted by atomic mass is 10.2. The molecule has 72 valence electrons.